The van der Waals surface area contributed by atoms with E-state index in [4.69, 9.17) is 0 Å². The van der Waals surface area contributed by atoms with Gasteiger partial charge in [-0.3, -0.25) is 9.59 Å². The number of hydrogen-bond acceptors (Lipinski definition) is 7. The Labute approximate surface area is 251 Å². The van der Waals surface area contributed by atoms with Crippen LogP contribution in [-0.4, -0.2) is 73.2 Å². The highest BCUT2D eigenvalue weighted by molar-refractivity contribution is 7.91. The SMILES string of the molecule is CN1CCN(c2cccc(NC(=O)c3ccc[nH]3)c2C(=O)Nn2ncc3cc(S(=O)(=O)c4cc(F)cc(F)c4)ccc32)CC1. The molecule has 226 valence electrons. The molecule has 3 heterocycles. The molecule has 1 aliphatic rings. The van der Waals surface area contributed by atoms with E-state index in [1.54, 1.807) is 30.5 Å². The minimum Gasteiger partial charge on any atom is -0.368 e. The second-order valence-electron chi connectivity index (χ2n) is 10.4. The minimum atomic E-state index is -4.25. The number of H-pyrrole nitrogens is 1. The van der Waals surface area contributed by atoms with Crippen molar-refractivity contribution in [3.63, 3.8) is 0 Å². The first-order valence-electron chi connectivity index (χ1n) is 13.6. The van der Waals surface area contributed by atoms with Crippen molar-refractivity contribution in [3.8, 4) is 0 Å². The molecule has 6 rings (SSSR count). The van der Waals surface area contributed by atoms with Gasteiger partial charge in [0.15, 0.2) is 0 Å². The quantitative estimate of drug-likeness (QED) is 0.252. The molecule has 0 atom stereocenters. The van der Waals surface area contributed by atoms with E-state index in [0.717, 1.165) is 25.2 Å². The molecule has 1 saturated heterocycles. The fraction of sp³-hybridized carbons (Fsp3) is 0.167. The first kappa shape index (κ1) is 29.0. The lowest BCUT2D eigenvalue weighted by atomic mass is 10.1. The number of sulfone groups is 1. The number of likely N-dealkylation sites (N-methyl/N-ethyl adjacent to an activating group) is 1. The second-order valence-corrected chi connectivity index (χ2v) is 12.3. The average Bonchev–Trinajstić information content (AvgIpc) is 3.68. The van der Waals surface area contributed by atoms with Crippen LogP contribution in [0.3, 0.4) is 0 Å². The van der Waals surface area contributed by atoms with Crippen molar-refractivity contribution in [2.45, 2.75) is 9.79 Å². The lowest BCUT2D eigenvalue weighted by molar-refractivity contribution is 0.101. The van der Waals surface area contributed by atoms with Gasteiger partial charge in [-0.15, -0.1) is 0 Å². The molecule has 44 heavy (non-hydrogen) atoms. The zero-order chi connectivity index (χ0) is 31.0. The number of nitrogens with one attached hydrogen (secondary N) is 3. The Balaban J connectivity index is 1.33. The van der Waals surface area contributed by atoms with Crippen molar-refractivity contribution in [3.05, 3.63) is 102 Å². The van der Waals surface area contributed by atoms with Gasteiger partial charge in [-0.2, -0.15) is 9.89 Å². The number of aromatic amines is 1. The maximum absolute atomic E-state index is 13.9. The lowest BCUT2D eigenvalue weighted by Gasteiger charge is -2.35. The molecule has 3 aromatic carbocycles. The third-order valence-electron chi connectivity index (χ3n) is 7.41. The number of amides is 2. The van der Waals surface area contributed by atoms with Gasteiger partial charge < -0.3 is 20.1 Å². The summed E-state index contributed by atoms with van der Waals surface area (Å²) in [5.41, 5.74) is 4.60. The zero-order valence-electron chi connectivity index (χ0n) is 23.4. The zero-order valence-corrected chi connectivity index (χ0v) is 24.2. The van der Waals surface area contributed by atoms with Crippen molar-refractivity contribution >= 4 is 43.9 Å². The van der Waals surface area contributed by atoms with E-state index in [1.165, 1.54) is 29.2 Å². The van der Waals surface area contributed by atoms with Crippen LogP contribution in [0.2, 0.25) is 0 Å². The molecule has 0 radical (unpaired) electrons. The van der Waals surface area contributed by atoms with Crippen LogP contribution in [0, 0.1) is 11.6 Å². The summed E-state index contributed by atoms with van der Waals surface area (Å²) in [6.45, 7) is 2.92. The van der Waals surface area contributed by atoms with Crippen LogP contribution < -0.4 is 15.6 Å². The predicted molar refractivity (Wildman–Crippen MR) is 160 cm³/mol. The number of aromatic nitrogens is 3. The van der Waals surface area contributed by atoms with Crippen molar-refractivity contribution in [1.29, 1.82) is 0 Å². The molecule has 11 nitrogen and oxygen atoms in total. The van der Waals surface area contributed by atoms with Crippen LogP contribution >= 0.6 is 0 Å². The monoisotopic (exact) mass is 619 g/mol. The van der Waals surface area contributed by atoms with Gasteiger partial charge in [0.1, 0.15) is 17.3 Å². The molecule has 1 fully saturated rings. The number of carbonyl (C=O) groups excluding carboxylic acids is 2. The fourth-order valence-corrected chi connectivity index (χ4v) is 6.43. The van der Waals surface area contributed by atoms with Gasteiger partial charge in [0, 0.05) is 43.8 Å². The summed E-state index contributed by atoms with van der Waals surface area (Å²) in [5, 5.41) is 7.41. The number of fused-ring (bicyclic) bond motifs is 1. The number of piperazine rings is 1. The summed E-state index contributed by atoms with van der Waals surface area (Å²) in [7, 11) is -2.22. The van der Waals surface area contributed by atoms with Gasteiger partial charge in [-0.25, -0.2) is 22.6 Å². The molecule has 1 aliphatic heterocycles. The molecule has 3 N–H and O–H groups in total. The smallest absolute Gasteiger partial charge is 0.275 e. The van der Waals surface area contributed by atoms with Crippen LogP contribution in [0.1, 0.15) is 20.8 Å². The first-order chi connectivity index (χ1) is 21.1. The number of hydrogen-bond donors (Lipinski definition) is 3. The average molecular weight is 620 g/mol. The molecular formula is C30H27F2N7O4S. The van der Waals surface area contributed by atoms with Crippen molar-refractivity contribution < 1.29 is 26.8 Å². The van der Waals surface area contributed by atoms with Gasteiger partial charge in [0.25, 0.3) is 11.8 Å². The van der Waals surface area contributed by atoms with E-state index in [2.05, 4.69) is 30.6 Å². The van der Waals surface area contributed by atoms with Crippen LogP contribution in [0.4, 0.5) is 20.2 Å². The van der Waals surface area contributed by atoms with Crippen LogP contribution in [0.15, 0.2) is 88.9 Å². The topological polar surface area (TPSA) is 132 Å². The summed E-state index contributed by atoms with van der Waals surface area (Å²) >= 11 is 0. The Hall–Kier alpha value is -5.08. The van der Waals surface area contributed by atoms with Gasteiger partial charge in [-0.05, 0) is 61.6 Å². The summed E-state index contributed by atoms with van der Waals surface area (Å²) in [5.74, 6) is -3.00. The second kappa shape index (κ2) is 11.5. The summed E-state index contributed by atoms with van der Waals surface area (Å²) in [4.78, 5) is 34.4. The van der Waals surface area contributed by atoms with Crippen LogP contribution in [0.5, 0.6) is 0 Å². The lowest BCUT2D eigenvalue weighted by Crippen LogP contribution is -2.45. The van der Waals surface area contributed by atoms with E-state index in [-0.39, 0.29) is 10.5 Å². The number of benzene rings is 3. The van der Waals surface area contributed by atoms with Crippen molar-refractivity contribution in [1.82, 2.24) is 19.8 Å². The summed E-state index contributed by atoms with van der Waals surface area (Å²) in [6.07, 6.45) is 2.99. The maximum atomic E-state index is 13.9. The van der Waals surface area contributed by atoms with Gasteiger partial charge in [-0.1, -0.05) is 6.07 Å². The number of rotatable bonds is 7. The molecule has 0 unspecified atom stereocenters. The molecule has 2 amide bonds. The molecule has 0 spiro atoms. The Morgan fingerprint density at radius 1 is 0.886 bits per heavy atom. The number of nitrogens with zero attached hydrogens (tertiary/aromatic N) is 4. The largest absolute Gasteiger partial charge is 0.368 e. The van der Waals surface area contributed by atoms with Crippen molar-refractivity contribution in [2.75, 3.05) is 48.9 Å². The standard InChI is InChI=1S/C30H27F2N7O4S/c1-37-10-12-38(13-11-37)27-6-2-4-24(35-29(40)25-5-3-9-33-25)28(27)30(41)36-39-26-8-7-22(14-19(26)18-34-39)44(42,43)23-16-20(31)15-21(32)17-23/h2-9,14-18,33H,10-13H2,1H3,(H,35,40)(H,36,41). The van der Waals surface area contributed by atoms with Gasteiger partial charge in [0.05, 0.1) is 38.4 Å². The van der Waals surface area contributed by atoms with E-state index >= 15 is 0 Å². The number of anilines is 2. The van der Waals surface area contributed by atoms with Crippen molar-refractivity contribution in [2.24, 2.45) is 0 Å². The van der Waals surface area contributed by atoms with Gasteiger partial charge >= 0.3 is 0 Å². The van der Waals surface area contributed by atoms with E-state index in [1.807, 2.05) is 13.1 Å². The molecule has 0 bridgehead atoms. The highest BCUT2D eigenvalue weighted by Crippen LogP contribution is 2.30. The molecule has 5 aromatic rings. The molecule has 2 aromatic heterocycles. The normalized spacial score (nSPS) is 14.1. The highest BCUT2D eigenvalue weighted by atomic mass is 32.2. The molecule has 0 aliphatic carbocycles. The third kappa shape index (κ3) is 5.64. The number of carbonyl (C=O) groups is 2. The Kier molecular flexibility index (Phi) is 7.61. The van der Waals surface area contributed by atoms with E-state index in [9.17, 15) is 26.8 Å². The van der Waals surface area contributed by atoms with Crippen LogP contribution in [0.25, 0.3) is 10.9 Å². The summed E-state index contributed by atoms with van der Waals surface area (Å²) < 4.78 is 53.7. The Morgan fingerprint density at radius 3 is 2.34 bits per heavy atom. The third-order valence-corrected chi connectivity index (χ3v) is 9.14. The first-order valence-corrected chi connectivity index (χ1v) is 15.1. The number of halogens is 2. The molecule has 0 saturated carbocycles. The Morgan fingerprint density at radius 2 is 1.64 bits per heavy atom. The van der Waals surface area contributed by atoms with E-state index < -0.39 is 38.2 Å². The fourth-order valence-electron chi connectivity index (χ4n) is 5.09. The molecular weight excluding hydrogens is 592 g/mol. The minimum absolute atomic E-state index is 0.199. The summed E-state index contributed by atoms with van der Waals surface area (Å²) in [6, 6.07) is 14.6. The predicted octanol–water partition coefficient (Wildman–Crippen LogP) is 3.86. The maximum Gasteiger partial charge on any atom is 0.275 e. The molecule has 14 heteroatoms. The van der Waals surface area contributed by atoms with E-state index in [0.29, 0.717) is 47.1 Å². The Bertz CT molecular complexity index is 1970. The highest BCUT2D eigenvalue weighted by Gasteiger charge is 2.26. The van der Waals surface area contributed by atoms with Gasteiger partial charge in [0.2, 0.25) is 9.84 Å². The van der Waals surface area contributed by atoms with Crippen LogP contribution in [-0.2, 0) is 9.84 Å².